The van der Waals surface area contributed by atoms with Gasteiger partial charge in [-0.3, -0.25) is 19.9 Å². The molecule has 3 aromatic rings. The van der Waals surface area contributed by atoms with Crippen molar-refractivity contribution in [3.63, 3.8) is 0 Å². The summed E-state index contributed by atoms with van der Waals surface area (Å²) in [6.07, 6.45) is 4.70. The molecule has 116 valence electrons. The van der Waals surface area contributed by atoms with E-state index in [-0.39, 0.29) is 11.9 Å². The Balaban J connectivity index is 1.79. The van der Waals surface area contributed by atoms with E-state index in [2.05, 4.69) is 25.5 Å². The van der Waals surface area contributed by atoms with Crippen LogP contribution in [0.1, 0.15) is 29.0 Å². The number of hydrogen-bond donors (Lipinski definition) is 2. The summed E-state index contributed by atoms with van der Waals surface area (Å²) in [6.45, 7) is 1.86. The molecule has 0 saturated carbocycles. The Morgan fingerprint density at radius 2 is 2.09 bits per heavy atom. The molecule has 0 bridgehead atoms. The van der Waals surface area contributed by atoms with E-state index in [1.165, 1.54) is 6.20 Å². The van der Waals surface area contributed by atoms with Crippen LogP contribution in [0.5, 0.6) is 0 Å². The van der Waals surface area contributed by atoms with Crippen LogP contribution in [0.15, 0.2) is 48.9 Å². The van der Waals surface area contributed by atoms with E-state index in [1.54, 1.807) is 24.5 Å². The number of aromatic nitrogens is 4. The van der Waals surface area contributed by atoms with Crippen LogP contribution in [0.25, 0.3) is 11.4 Å². The van der Waals surface area contributed by atoms with Gasteiger partial charge in [0.05, 0.1) is 39.9 Å². The molecule has 23 heavy (non-hydrogen) atoms. The molecule has 0 aliphatic carbocycles. The van der Waals surface area contributed by atoms with Gasteiger partial charge < -0.3 is 5.32 Å². The zero-order valence-electron chi connectivity index (χ0n) is 12.3. The first-order valence-electron chi connectivity index (χ1n) is 7.02. The first-order valence-corrected chi connectivity index (χ1v) is 7.40. The molecule has 6 nitrogen and oxygen atoms in total. The van der Waals surface area contributed by atoms with E-state index >= 15 is 0 Å². The number of carbonyl (C=O) groups excluding carboxylic acids is 1. The lowest BCUT2D eigenvalue weighted by molar-refractivity contribution is 0.0940. The van der Waals surface area contributed by atoms with E-state index in [9.17, 15) is 4.79 Å². The van der Waals surface area contributed by atoms with Crippen LogP contribution in [0.3, 0.4) is 0 Å². The Kier molecular flexibility index (Phi) is 4.34. The van der Waals surface area contributed by atoms with Crippen molar-refractivity contribution in [3.05, 3.63) is 65.2 Å². The minimum Gasteiger partial charge on any atom is -0.344 e. The van der Waals surface area contributed by atoms with E-state index < -0.39 is 0 Å². The molecular formula is C16H14ClN5O. The molecule has 1 atom stereocenters. The van der Waals surface area contributed by atoms with Crippen molar-refractivity contribution in [1.82, 2.24) is 25.5 Å². The maximum Gasteiger partial charge on any atom is 0.255 e. The zero-order chi connectivity index (χ0) is 16.2. The number of halogens is 1. The predicted octanol–water partition coefficient (Wildman–Crippen LogP) is 3.01. The number of aromatic amines is 1. The van der Waals surface area contributed by atoms with E-state index in [1.807, 2.05) is 25.1 Å². The second-order valence-corrected chi connectivity index (χ2v) is 5.41. The number of H-pyrrole nitrogens is 1. The first-order chi connectivity index (χ1) is 11.1. The van der Waals surface area contributed by atoms with Gasteiger partial charge in [0.1, 0.15) is 0 Å². The number of pyridine rings is 2. The van der Waals surface area contributed by atoms with Crippen molar-refractivity contribution in [2.45, 2.75) is 13.0 Å². The number of carbonyl (C=O) groups is 1. The van der Waals surface area contributed by atoms with Crippen molar-refractivity contribution >= 4 is 17.5 Å². The van der Waals surface area contributed by atoms with Gasteiger partial charge in [0.25, 0.3) is 5.91 Å². The fourth-order valence-electron chi connectivity index (χ4n) is 2.16. The third-order valence-corrected chi connectivity index (χ3v) is 3.57. The molecule has 0 unspecified atom stereocenters. The first kappa shape index (κ1) is 15.2. The quantitative estimate of drug-likeness (QED) is 0.771. The van der Waals surface area contributed by atoms with Crippen LogP contribution < -0.4 is 5.32 Å². The molecule has 0 fully saturated rings. The average Bonchev–Trinajstić information content (AvgIpc) is 3.06. The summed E-state index contributed by atoms with van der Waals surface area (Å²) in [5.74, 6) is -0.247. The standard InChI is InChI=1S/C16H14ClN5O/c1-10(13-6-5-11(17)8-19-13)21-16(23)12-9-20-22-15(12)14-4-2-3-7-18-14/h2-10H,1H3,(H,20,22)(H,21,23)/t10-/m0/s1. The molecule has 3 aromatic heterocycles. The minimum atomic E-state index is -0.258. The zero-order valence-corrected chi connectivity index (χ0v) is 13.1. The van der Waals surface area contributed by atoms with Crippen LogP contribution in [-0.4, -0.2) is 26.1 Å². The maximum absolute atomic E-state index is 12.5. The molecule has 3 heterocycles. The number of nitrogens with one attached hydrogen (secondary N) is 2. The van der Waals surface area contributed by atoms with Crippen molar-refractivity contribution in [2.24, 2.45) is 0 Å². The summed E-state index contributed by atoms with van der Waals surface area (Å²) in [5.41, 5.74) is 2.40. The fraction of sp³-hybridized carbons (Fsp3) is 0.125. The molecule has 3 rings (SSSR count). The minimum absolute atomic E-state index is 0.247. The Morgan fingerprint density at radius 3 is 2.78 bits per heavy atom. The second-order valence-electron chi connectivity index (χ2n) is 4.97. The SMILES string of the molecule is C[C@H](NC(=O)c1cn[nH]c1-c1ccccn1)c1ccc(Cl)cn1. The third kappa shape index (κ3) is 3.37. The molecule has 7 heteroatoms. The number of rotatable bonds is 4. The molecule has 0 aliphatic heterocycles. The van der Waals surface area contributed by atoms with Gasteiger partial charge in [0.15, 0.2) is 0 Å². The van der Waals surface area contributed by atoms with Gasteiger partial charge >= 0.3 is 0 Å². The van der Waals surface area contributed by atoms with E-state index in [0.29, 0.717) is 22.0 Å². The highest BCUT2D eigenvalue weighted by Gasteiger charge is 2.18. The molecule has 2 N–H and O–H groups in total. The lowest BCUT2D eigenvalue weighted by Crippen LogP contribution is -2.27. The van der Waals surface area contributed by atoms with Gasteiger partial charge in [-0.2, -0.15) is 5.10 Å². The van der Waals surface area contributed by atoms with Crippen molar-refractivity contribution in [1.29, 1.82) is 0 Å². The fourth-order valence-corrected chi connectivity index (χ4v) is 2.27. The average molecular weight is 328 g/mol. The Morgan fingerprint density at radius 1 is 1.22 bits per heavy atom. The topological polar surface area (TPSA) is 83.6 Å². The Labute approximate surface area is 137 Å². The van der Waals surface area contributed by atoms with Crippen LogP contribution >= 0.6 is 11.6 Å². The molecule has 0 radical (unpaired) electrons. The predicted molar refractivity (Wildman–Crippen MR) is 86.9 cm³/mol. The Hall–Kier alpha value is -2.73. The molecule has 0 saturated heterocycles. The number of nitrogens with zero attached hydrogens (tertiary/aromatic N) is 3. The molecule has 0 aromatic carbocycles. The summed E-state index contributed by atoms with van der Waals surface area (Å²) < 4.78 is 0. The highest BCUT2D eigenvalue weighted by molar-refractivity contribution is 6.30. The van der Waals surface area contributed by atoms with Gasteiger partial charge in [-0.25, -0.2) is 0 Å². The van der Waals surface area contributed by atoms with Crippen LogP contribution in [-0.2, 0) is 0 Å². The normalized spacial score (nSPS) is 11.9. The summed E-state index contributed by atoms with van der Waals surface area (Å²) in [7, 11) is 0. The van der Waals surface area contributed by atoms with Crippen LogP contribution in [0.2, 0.25) is 5.02 Å². The van der Waals surface area contributed by atoms with Crippen molar-refractivity contribution < 1.29 is 4.79 Å². The highest BCUT2D eigenvalue weighted by atomic mass is 35.5. The van der Waals surface area contributed by atoms with Gasteiger partial charge in [0.2, 0.25) is 0 Å². The van der Waals surface area contributed by atoms with E-state index in [4.69, 9.17) is 11.6 Å². The third-order valence-electron chi connectivity index (χ3n) is 3.35. The monoisotopic (exact) mass is 327 g/mol. The van der Waals surface area contributed by atoms with Crippen molar-refractivity contribution in [2.75, 3.05) is 0 Å². The highest BCUT2D eigenvalue weighted by Crippen LogP contribution is 2.19. The number of hydrogen-bond acceptors (Lipinski definition) is 4. The van der Waals surface area contributed by atoms with Gasteiger partial charge in [-0.1, -0.05) is 17.7 Å². The lowest BCUT2D eigenvalue weighted by atomic mass is 10.1. The van der Waals surface area contributed by atoms with Crippen LogP contribution in [0, 0.1) is 0 Å². The summed E-state index contributed by atoms with van der Waals surface area (Å²) in [5, 5.41) is 10.2. The smallest absolute Gasteiger partial charge is 0.255 e. The molecule has 0 aliphatic rings. The summed E-state index contributed by atoms with van der Waals surface area (Å²) in [6, 6.07) is 8.74. The Bertz CT molecular complexity index is 801. The summed E-state index contributed by atoms with van der Waals surface area (Å²) in [4.78, 5) is 20.9. The molecule has 0 spiro atoms. The number of amides is 1. The van der Waals surface area contributed by atoms with Gasteiger partial charge in [-0.15, -0.1) is 0 Å². The van der Waals surface area contributed by atoms with E-state index in [0.717, 1.165) is 5.69 Å². The largest absolute Gasteiger partial charge is 0.344 e. The molecular weight excluding hydrogens is 314 g/mol. The maximum atomic E-state index is 12.5. The van der Waals surface area contributed by atoms with Gasteiger partial charge in [-0.05, 0) is 31.2 Å². The second kappa shape index (κ2) is 6.58. The lowest BCUT2D eigenvalue weighted by Gasteiger charge is -2.13. The summed E-state index contributed by atoms with van der Waals surface area (Å²) >= 11 is 5.82. The van der Waals surface area contributed by atoms with Crippen LogP contribution in [0.4, 0.5) is 0 Å². The van der Waals surface area contributed by atoms with Gasteiger partial charge in [0, 0.05) is 12.4 Å². The van der Waals surface area contributed by atoms with Crippen molar-refractivity contribution in [3.8, 4) is 11.4 Å². The molecule has 1 amide bonds.